The summed E-state index contributed by atoms with van der Waals surface area (Å²) in [4.78, 5) is 21.6. The molecule has 6 nitrogen and oxygen atoms in total. The van der Waals surface area contributed by atoms with E-state index in [2.05, 4.69) is 33.4 Å². The van der Waals surface area contributed by atoms with Gasteiger partial charge in [0.2, 0.25) is 5.95 Å². The molecule has 0 amide bonds. The maximum Gasteiger partial charge on any atom is 0.281 e. The van der Waals surface area contributed by atoms with Crippen LogP contribution in [0.15, 0.2) is 79.1 Å². The monoisotopic (exact) mass is 369 g/mol. The van der Waals surface area contributed by atoms with E-state index < -0.39 is 0 Å². The lowest BCUT2D eigenvalue weighted by molar-refractivity contribution is 0.0947. The number of hydrogen-bond acceptors (Lipinski definition) is 5. The van der Waals surface area contributed by atoms with Crippen LogP contribution in [0.25, 0.3) is 11.4 Å². The van der Waals surface area contributed by atoms with E-state index in [1.807, 2.05) is 48.5 Å². The van der Waals surface area contributed by atoms with E-state index in [-0.39, 0.29) is 5.91 Å². The normalized spacial score (nSPS) is 10.6. The number of anilines is 1. The molecular formula is C22H19N5O. The highest BCUT2D eigenvalue weighted by atomic mass is 16.2. The van der Waals surface area contributed by atoms with Crippen LogP contribution in [0.3, 0.4) is 0 Å². The van der Waals surface area contributed by atoms with Crippen LogP contribution < -0.4 is 5.32 Å². The predicted molar refractivity (Wildman–Crippen MR) is 108 cm³/mol. The van der Waals surface area contributed by atoms with Crippen molar-refractivity contribution in [1.29, 1.82) is 0 Å². The molecule has 2 aromatic heterocycles. The van der Waals surface area contributed by atoms with Crippen molar-refractivity contribution in [3.05, 3.63) is 95.8 Å². The Balaban J connectivity index is 1.70. The molecule has 138 valence electrons. The minimum absolute atomic E-state index is 0.235. The first-order chi connectivity index (χ1) is 13.7. The Morgan fingerprint density at radius 1 is 0.964 bits per heavy atom. The van der Waals surface area contributed by atoms with Crippen LogP contribution in [0.5, 0.6) is 0 Å². The zero-order chi connectivity index (χ0) is 19.3. The van der Waals surface area contributed by atoms with Crippen molar-refractivity contribution >= 4 is 11.9 Å². The Morgan fingerprint density at radius 2 is 1.68 bits per heavy atom. The van der Waals surface area contributed by atoms with Crippen molar-refractivity contribution in [1.82, 2.24) is 19.7 Å². The van der Waals surface area contributed by atoms with E-state index in [0.717, 1.165) is 11.1 Å². The number of aromatic nitrogens is 4. The molecule has 2 heterocycles. The molecule has 28 heavy (non-hydrogen) atoms. The van der Waals surface area contributed by atoms with Gasteiger partial charge in [0.25, 0.3) is 5.91 Å². The Hall–Kier alpha value is -3.80. The van der Waals surface area contributed by atoms with E-state index >= 15 is 0 Å². The Kier molecular flexibility index (Phi) is 4.93. The van der Waals surface area contributed by atoms with Crippen LogP contribution in [0.1, 0.15) is 21.5 Å². The number of benzene rings is 2. The van der Waals surface area contributed by atoms with Crippen molar-refractivity contribution in [2.75, 3.05) is 5.32 Å². The van der Waals surface area contributed by atoms with Gasteiger partial charge in [-0.1, -0.05) is 42.5 Å². The van der Waals surface area contributed by atoms with Gasteiger partial charge in [0, 0.05) is 30.1 Å². The topological polar surface area (TPSA) is 72.7 Å². The first-order valence-electron chi connectivity index (χ1n) is 8.98. The lowest BCUT2D eigenvalue weighted by atomic mass is 10.1. The minimum atomic E-state index is -0.235. The summed E-state index contributed by atoms with van der Waals surface area (Å²) in [7, 11) is 0. The third kappa shape index (κ3) is 3.66. The molecule has 0 saturated heterocycles. The highest BCUT2D eigenvalue weighted by molar-refractivity contribution is 5.97. The molecule has 1 N–H and O–H groups in total. The first kappa shape index (κ1) is 17.6. The summed E-state index contributed by atoms with van der Waals surface area (Å²) in [5, 5.41) is 7.72. The van der Waals surface area contributed by atoms with Gasteiger partial charge in [-0.2, -0.15) is 9.67 Å². The van der Waals surface area contributed by atoms with Gasteiger partial charge in [0.15, 0.2) is 5.82 Å². The van der Waals surface area contributed by atoms with E-state index in [0.29, 0.717) is 23.9 Å². The fourth-order valence-electron chi connectivity index (χ4n) is 2.88. The lowest BCUT2D eigenvalue weighted by Crippen LogP contribution is -2.17. The molecule has 4 aromatic rings. The Morgan fingerprint density at radius 3 is 2.43 bits per heavy atom. The molecule has 0 aliphatic heterocycles. The van der Waals surface area contributed by atoms with Crippen LogP contribution >= 0.6 is 0 Å². The SMILES string of the molecule is Cc1ccccc1CNc1nc(-c2ccncc2)nn1C(=O)c1ccccc1. The quantitative estimate of drug-likeness (QED) is 0.577. The molecule has 0 fully saturated rings. The van der Waals surface area contributed by atoms with Crippen LogP contribution in [0.4, 0.5) is 5.95 Å². The van der Waals surface area contributed by atoms with E-state index in [1.165, 1.54) is 10.2 Å². The molecule has 0 aliphatic rings. The first-order valence-corrected chi connectivity index (χ1v) is 8.98. The summed E-state index contributed by atoms with van der Waals surface area (Å²) < 4.78 is 1.32. The molecule has 2 aromatic carbocycles. The zero-order valence-electron chi connectivity index (χ0n) is 15.4. The molecule has 0 atom stereocenters. The molecule has 0 spiro atoms. The van der Waals surface area contributed by atoms with Gasteiger partial charge in [-0.15, -0.1) is 5.10 Å². The number of carbonyl (C=O) groups excluding carboxylic acids is 1. The van der Waals surface area contributed by atoms with Gasteiger partial charge in [-0.3, -0.25) is 9.78 Å². The number of nitrogens with one attached hydrogen (secondary N) is 1. The molecule has 0 unspecified atom stereocenters. The number of hydrogen-bond donors (Lipinski definition) is 1. The summed E-state index contributed by atoms with van der Waals surface area (Å²) in [6, 6.07) is 20.8. The molecule has 0 aliphatic carbocycles. The Bertz CT molecular complexity index is 1090. The van der Waals surface area contributed by atoms with Gasteiger partial charge in [0.05, 0.1) is 0 Å². The largest absolute Gasteiger partial charge is 0.350 e. The summed E-state index contributed by atoms with van der Waals surface area (Å²) in [5.41, 5.74) is 3.65. The van der Waals surface area contributed by atoms with Crippen LogP contribution in [0, 0.1) is 6.92 Å². The predicted octanol–water partition coefficient (Wildman–Crippen LogP) is 3.95. The molecule has 0 radical (unpaired) electrons. The van der Waals surface area contributed by atoms with Gasteiger partial charge in [-0.05, 0) is 42.3 Å². The van der Waals surface area contributed by atoms with Gasteiger partial charge < -0.3 is 5.32 Å². The van der Waals surface area contributed by atoms with E-state index in [9.17, 15) is 4.79 Å². The summed E-state index contributed by atoms with van der Waals surface area (Å²) in [5.74, 6) is 0.642. The number of aryl methyl sites for hydroxylation is 1. The maximum atomic E-state index is 13.0. The Labute approximate surface area is 162 Å². The van der Waals surface area contributed by atoms with E-state index in [4.69, 9.17) is 0 Å². The average Bonchev–Trinajstić information content (AvgIpc) is 3.18. The second kappa shape index (κ2) is 7.84. The van der Waals surface area contributed by atoms with Crippen molar-refractivity contribution < 1.29 is 4.79 Å². The third-order valence-corrected chi connectivity index (χ3v) is 4.46. The van der Waals surface area contributed by atoms with Gasteiger partial charge >= 0.3 is 0 Å². The molecule has 0 bridgehead atoms. The highest BCUT2D eigenvalue weighted by Crippen LogP contribution is 2.19. The minimum Gasteiger partial charge on any atom is -0.350 e. The number of nitrogens with zero attached hydrogens (tertiary/aromatic N) is 4. The number of rotatable bonds is 5. The second-order valence-electron chi connectivity index (χ2n) is 6.36. The standard InChI is InChI=1S/C22H19N5O/c1-16-7-5-6-10-19(16)15-24-22-25-20(17-11-13-23-14-12-17)26-27(22)21(28)18-8-3-2-4-9-18/h2-14H,15H2,1H3,(H,24,25,26). The number of carbonyl (C=O) groups is 1. The zero-order valence-corrected chi connectivity index (χ0v) is 15.4. The fourth-order valence-corrected chi connectivity index (χ4v) is 2.88. The lowest BCUT2D eigenvalue weighted by Gasteiger charge is -2.09. The molecule has 6 heteroatoms. The summed E-state index contributed by atoms with van der Waals surface area (Å²) in [6.07, 6.45) is 3.35. The number of pyridine rings is 1. The molecular weight excluding hydrogens is 350 g/mol. The summed E-state index contributed by atoms with van der Waals surface area (Å²) in [6.45, 7) is 2.60. The fraction of sp³-hybridized carbons (Fsp3) is 0.0909. The van der Waals surface area contributed by atoms with Crippen molar-refractivity contribution in [3.8, 4) is 11.4 Å². The smallest absolute Gasteiger partial charge is 0.281 e. The second-order valence-corrected chi connectivity index (χ2v) is 6.36. The summed E-state index contributed by atoms with van der Waals surface area (Å²) >= 11 is 0. The van der Waals surface area contributed by atoms with Crippen LogP contribution in [0.2, 0.25) is 0 Å². The highest BCUT2D eigenvalue weighted by Gasteiger charge is 2.18. The van der Waals surface area contributed by atoms with Gasteiger partial charge in [0.1, 0.15) is 0 Å². The maximum absolute atomic E-state index is 13.0. The molecule has 0 saturated carbocycles. The van der Waals surface area contributed by atoms with Crippen LogP contribution in [-0.4, -0.2) is 25.7 Å². The van der Waals surface area contributed by atoms with Crippen LogP contribution in [-0.2, 0) is 6.54 Å². The van der Waals surface area contributed by atoms with E-state index in [1.54, 1.807) is 24.5 Å². The van der Waals surface area contributed by atoms with Crippen molar-refractivity contribution in [3.63, 3.8) is 0 Å². The average molecular weight is 369 g/mol. The van der Waals surface area contributed by atoms with Gasteiger partial charge in [-0.25, -0.2) is 0 Å². The third-order valence-electron chi connectivity index (χ3n) is 4.46. The van der Waals surface area contributed by atoms with Crippen molar-refractivity contribution in [2.24, 2.45) is 0 Å². The van der Waals surface area contributed by atoms with Crippen molar-refractivity contribution in [2.45, 2.75) is 13.5 Å². The molecule has 4 rings (SSSR count).